The zero-order chi connectivity index (χ0) is 24.8. The molecule has 1 saturated heterocycles. The minimum absolute atomic E-state index is 0.0798. The van der Waals surface area contributed by atoms with E-state index in [0.29, 0.717) is 53.4 Å². The van der Waals surface area contributed by atoms with E-state index in [0.717, 1.165) is 11.9 Å². The van der Waals surface area contributed by atoms with Gasteiger partial charge in [-0.1, -0.05) is 12.1 Å². The molecular weight excluding hydrogens is 470 g/mol. The van der Waals surface area contributed by atoms with E-state index in [-0.39, 0.29) is 18.2 Å². The van der Waals surface area contributed by atoms with Crippen LogP contribution in [0, 0.1) is 17.7 Å². The predicted octanol–water partition coefficient (Wildman–Crippen LogP) is 5.99. The number of thioether (sulfide) groups is 1. The maximum absolute atomic E-state index is 15.4. The number of aromatic nitrogens is 1. The van der Waals surface area contributed by atoms with E-state index in [4.69, 9.17) is 4.74 Å². The molecule has 1 aliphatic heterocycles. The summed E-state index contributed by atoms with van der Waals surface area (Å²) in [6, 6.07) is 13.8. The topological polar surface area (TPSA) is 62.7 Å². The molecule has 3 aromatic rings. The molecule has 0 amide bonds. The third-order valence-electron chi connectivity index (χ3n) is 6.77. The van der Waals surface area contributed by atoms with Gasteiger partial charge < -0.3 is 14.7 Å². The summed E-state index contributed by atoms with van der Waals surface area (Å²) in [6.07, 6.45) is 1.86. The number of benzene rings is 2. The van der Waals surface area contributed by atoms with Crippen LogP contribution in [0.3, 0.4) is 0 Å². The van der Waals surface area contributed by atoms with Crippen molar-refractivity contribution in [3.8, 4) is 5.75 Å². The van der Waals surface area contributed by atoms with Crippen LogP contribution in [0.5, 0.6) is 5.75 Å². The summed E-state index contributed by atoms with van der Waals surface area (Å²) in [5, 5.41) is 10.6. The van der Waals surface area contributed by atoms with Crippen molar-refractivity contribution in [1.29, 1.82) is 0 Å². The molecular formula is C27H30F2N2O3S. The summed E-state index contributed by atoms with van der Waals surface area (Å²) in [7, 11) is 1.57. The van der Waals surface area contributed by atoms with E-state index in [9.17, 15) is 14.3 Å². The fourth-order valence-electron chi connectivity index (χ4n) is 4.81. The molecule has 1 aromatic heterocycles. The molecule has 1 unspecified atom stereocenters. The summed E-state index contributed by atoms with van der Waals surface area (Å²) < 4.78 is 34.5. The molecule has 1 aliphatic rings. The second-order valence-corrected chi connectivity index (χ2v) is 10.0. The molecule has 35 heavy (non-hydrogen) atoms. The number of rotatable bonds is 10. The van der Waals surface area contributed by atoms with Crippen LogP contribution >= 0.6 is 11.8 Å². The molecule has 4 rings (SSSR count). The lowest BCUT2D eigenvalue weighted by molar-refractivity contribution is -0.146. The van der Waals surface area contributed by atoms with Gasteiger partial charge in [0.25, 0.3) is 0 Å². The summed E-state index contributed by atoms with van der Waals surface area (Å²) >= 11 is 1.44. The second kappa shape index (κ2) is 11.8. The zero-order valence-corrected chi connectivity index (χ0v) is 20.5. The van der Waals surface area contributed by atoms with Gasteiger partial charge in [0.15, 0.2) is 0 Å². The van der Waals surface area contributed by atoms with Crippen molar-refractivity contribution in [1.82, 2.24) is 9.88 Å². The minimum atomic E-state index is -1.21. The van der Waals surface area contributed by atoms with Crippen LogP contribution in [0.25, 0.3) is 10.9 Å². The molecule has 2 heterocycles. The number of nitrogens with zero attached hydrogens (tertiary/aromatic N) is 2. The lowest BCUT2D eigenvalue weighted by Crippen LogP contribution is -2.44. The molecule has 0 aliphatic carbocycles. The number of hydrogen-bond acceptors (Lipinski definition) is 5. The smallest absolute Gasteiger partial charge is 0.308 e. The van der Waals surface area contributed by atoms with E-state index in [1.807, 2.05) is 6.07 Å². The van der Waals surface area contributed by atoms with E-state index >= 15 is 4.39 Å². The SMILES string of the molecule is COc1ccc2nccc(C(F)CC[C@@H]3CCN(CCSc4ccccc4F)C[C@@H]3C(=O)O)c2c1. The van der Waals surface area contributed by atoms with Crippen molar-refractivity contribution >= 4 is 28.6 Å². The van der Waals surface area contributed by atoms with Gasteiger partial charge in [-0.15, -0.1) is 11.8 Å². The van der Waals surface area contributed by atoms with Gasteiger partial charge in [0, 0.05) is 35.3 Å². The summed E-state index contributed by atoms with van der Waals surface area (Å²) in [5.74, 6) is -0.363. The predicted molar refractivity (Wildman–Crippen MR) is 134 cm³/mol. The van der Waals surface area contributed by atoms with Crippen molar-refractivity contribution in [3.05, 3.63) is 66.1 Å². The van der Waals surface area contributed by atoms with Crippen LogP contribution in [-0.4, -0.2) is 53.5 Å². The number of aliphatic carboxylic acids is 1. The number of fused-ring (bicyclic) bond motifs is 1. The Morgan fingerprint density at radius 3 is 2.89 bits per heavy atom. The third kappa shape index (κ3) is 6.30. The first-order valence-corrected chi connectivity index (χ1v) is 12.8. The zero-order valence-electron chi connectivity index (χ0n) is 19.7. The van der Waals surface area contributed by atoms with Gasteiger partial charge in [-0.2, -0.15) is 0 Å². The van der Waals surface area contributed by atoms with Gasteiger partial charge >= 0.3 is 5.97 Å². The van der Waals surface area contributed by atoms with Crippen molar-refractivity contribution in [2.24, 2.45) is 11.8 Å². The summed E-state index contributed by atoms with van der Waals surface area (Å²) in [6.45, 7) is 1.88. The van der Waals surface area contributed by atoms with Gasteiger partial charge in [-0.25, -0.2) is 8.78 Å². The molecule has 186 valence electrons. The van der Waals surface area contributed by atoms with Crippen molar-refractivity contribution in [3.63, 3.8) is 0 Å². The van der Waals surface area contributed by atoms with Crippen LogP contribution in [-0.2, 0) is 4.79 Å². The first kappa shape index (κ1) is 25.4. The molecule has 0 bridgehead atoms. The highest BCUT2D eigenvalue weighted by Crippen LogP contribution is 2.35. The molecule has 1 N–H and O–H groups in total. The fourth-order valence-corrected chi connectivity index (χ4v) is 5.76. The maximum atomic E-state index is 15.4. The number of piperidine rings is 1. The number of ether oxygens (including phenoxy) is 1. The van der Waals surface area contributed by atoms with Crippen LogP contribution in [0.1, 0.15) is 31.0 Å². The first-order chi connectivity index (χ1) is 17.0. The third-order valence-corrected chi connectivity index (χ3v) is 7.80. The quantitative estimate of drug-likeness (QED) is 0.345. The van der Waals surface area contributed by atoms with Gasteiger partial charge in [0.05, 0.1) is 18.5 Å². The van der Waals surface area contributed by atoms with Crippen molar-refractivity contribution < 1.29 is 23.4 Å². The number of methoxy groups -OCH3 is 1. The maximum Gasteiger partial charge on any atom is 0.308 e. The van der Waals surface area contributed by atoms with Gasteiger partial charge in [0.2, 0.25) is 0 Å². The Bertz CT molecular complexity index is 1160. The molecule has 5 nitrogen and oxygen atoms in total. The molecule has 0 saturated carbocycles. The number of hydrogen-bond donors (Lipinski definition) is 1. The average Bonchev–Trinajstić information content (AvgIpc) is 2.88. The Hall–Kier alpha value is -2.71. The largest absolute Gasteiger partial charge is 0.497 e. The molecule has 1 fully saturated rings. The van der Waals surface area contributed by atoms with E-state index < -0.39 is 18.1 Å². The highest BCUT2D eigenvalue weighted by molar-refractivity contribution is 7.99. The average molecular weight is 501 g/mol. The Kier molecular flexibility index (Phi) is 8.57. The van der Waals surface area contributed by atoms with Gasteiger partial charge in [-0.3, -0.25) is 9.78 Å². The number of carboxylic acid groups (broad SMARTS) is 1. The molecule has 3 atom stereocenters. The van der Waals surface area contributed by atoms with E-state index in [2.05, 4.69) is 9.88 Å². The Morgan fingerprint density at radius 1 is 1.29 bits per heavy atom. The second-order valence-electron chi connectivity index (χ2n) is 8.90. The Balaban J connectivity index is 1.34. The minimum Gasteiger partial charge on any atom is -0.497 e. The number of carbonyl (C=O) groups is 1. The number of halogens is 2. The van der Waals surface area contributed by atoms with Gasteiger partial charge in [-0.05, 0) is 73.7 Å². The first-order valence-electron chi connectivity index (χ1n) is 11.9. The van der Waals surface area contributed by atoms with E-state index in [1.54, 1.807) is 49.7 Å². The molecule has 2 aromatic carbocycles. The normalized spacial score (nSPS) is 19.5. The van der Waals surface area contributed by atoms with Gasteiger partial charge in [0.1, 0.15) is 17.7 Å². The lowest BCUT2D eigenvalue weighted by Gasteiger charge is -2.36. The lowest BCUT2D eigenvalue weighted by atomic mass is 9.81. The van der Waals surface area contributed by atoms with Crippen molar-refractivity contribution in [2.45, 2.75) is 30.3 Å². The highest BCUT2D eigenvalue weighted by atomic mass is 32.2. The van der Waals surface area contributed by atoms with Crippen LogP contribution in [0.2, 0.25) is 0 Å². The Morgan fingerprint density at radius 2 is 2.11 bits per heavy atom. The Labute approximate surface area is 208 Å². The standard InChI is InChI=1S/C27H30F2N2O3S/c1-34-19-7-9-25-21(16-19)20(10-12-30-25)23(28)8-6-18-11-13-31(17-22(18)27(32)33)14-15-35-26-5-3-2-4-24(26)29/h2-5,7,9-10,12,16,18,22-23H,6,8,11,13-15,17H2,1H3,(H,32,33)/t18-,22+,23?/m1/s1. The number of carboxylic acids is 1. The summed E-state index contributed by atoms with van der Waals surface area (Å²) in [5.41, 5.74) is 1.26. The van der Waals surface area contributed by atoms with Crippen LogP contribution in [0.4, 0.5) is 8.78 Å². The molecule has 0 spiro atoms. The fraction of sp³-hybridized carbons (Fsp3) is 0.407. The highest BCUT2D eigenvalue weighted by Gasteiger charge is 2.34. The monoisotopic (exact) mass is 500 g/mol. The number of alkyl halides is 1. The summed E-state index contributed by atoms with van der Waals surface area (Å²) in [4.78, 5) is 19.1. The number of likely N-dealkylation sites (tertiary alicyclic amines) is 1. The number of pyridine rings is 1. The molecule has 0 radical (unpaired) electrons. The van der Waals surface area contributed by atoms with Crippen LogP contribution in [0.15, 0.2) is 59.6 Å². The van der Waals surface area contributed by atoms with E-state index in [1.165, 1.54) is 17.8 Å². The van der Waals surface area contributed by atoms with Crippen molar-refractivity contribution in [2.75, 3.05) is 32.5 Å². The molecule has 8 heteroatoms. The van der Waals surface area contributed by atoms with Crippen LogP contribution < -0.4 is 4.74 Å².